The number of aryl methyl sites for hydroxylation is 4. The summed E-state index contributed by atoms with van der Waals surface area (Å²) in [6.07, 6.45) is 0.919. The number of nitriles is 1. The molecule has 0 atom stereocenters. The first-order valence-corrected chi connectivity index (χ1v) is 6.71. The van der Waals surface area contributed by atoms with Gasteiger partial charge in [-0.2, -0.15) is 10.4 Å². The topological polar surface area (TPSA) is 50.8 Å². The van der Waals surface area contributed by atoms with Crippen molar-refractivity contribution in [2.45, 2.75) is 33.8 Å². The molecule has 0 aliphatic rings. The molecule has 1 aromatic carbocycles. The quantitative estimate of drug-likeness (QED) is 0.857. The van der Waals surface area contributed by atoms with Gasteiger partial charge >= 0.3 is 0 Å². The van der Waals surface area contributed by atoms with Crippen LogP contribution in [0.3, 0.4) is 0 Å². The third-order valence-corrected chi connectivity index (χ3v) is 3.34. The van der Waals surface area contributed by atoms with Gasteiger partial charge in [-0.05, 0) is 49.6 Å². The molecule has 0 N–H and O–H groups in total. The van der Waals surface area contributed by atoms with Crippen LogP contribution in [-0.2, 0) is 20.1 Å². The highest BCUT2D eigenvalue weighted by molar-refractivity contribution is 5.47. The molecule has 0 saturated heterocycles. The molecule has 2 rings (SSSR count). The number of aromatic nitrogens is 2. The minimum atomic E-state index is 0.483. The third-order valence-electron chi connectivity index (χ3n) is 3.34. The molecule has 20 heavy (non-hydrogen) atoms. The van der Waals surface area contributed by atoms with E-state index in [0.717, 1.165) is 34.7 Å². The van der Waals surface area contributed by atoms with E-state index in [1.54, 1.807) is 0 Å². The van der Waals surface area contributed by atoms with Crippen LogP contribution in [0.25, 0.3) is 0 Å². The van der Waals surface area contributed by atoms with E-state index in [4.69, 9.17) is 10.00 Å². The summed E-state index contributed by atoms with van der Waals surface area (Å²) in [5, 5.41) is 13.4. The predicted octanol–water partition coefficient (Wildman–Crippen LogP) is 3.05. The third kappa shape index (κ3) is 2.83. The molecule has 0 saturated carbocycles. The lowest BCUT2D eigenvalue weighted by Crippen LogP contribution is -2.04. The first-order valence-electron chi connectivity index (χ1n) is 6.71. The van der Waals surface area contributed by atoms with Crippen LogP contribution in [0.15, 0.2) is 18.2 Å². The maximum atomic E-state index is 8.95. The van der Waals surface area contributed by atoms with Crippen molar-refractivity contribution in [1.82, 2.24) is 9.78 Å². The van der Waals surface area contributed by atoms with Gasteiger partial charge in [0, 0.05) is 7.05 Å². The lowest BCUT2D eigenvalue weighted by Gasteiger charge is -2.12. The second kappa shape index (κ2) is 5.79. The molecule has 0 aliphatic carbocycles. The largest absolute Gasteiger partial charge is 0.487 e. The van der Waals surface area contributed by atoms with Gasteiger partial charge in [0.1, 0.15) is 12.4 Å². The van der Waals surface area contributed by atoms with Crippen molar-refractivity contribution in [3.63, 3.8) is 0 Å². The summed E-state index contributed by atoms with van der Waals surface area (Å²) < 4.78 is 7.78. The van der Waals surface area contributed by atoms with E-state index >= 15 is 0 Å². The van der Waals surface area contributed by atoms with E-state index in [-0.39, 0.29) is 0 Å². The summed E-state index contributed by atoms with van der Waals surface area (Å²) in [5.74, 6) is 0.850. The first kappa shape index (κ1) is 14.1. The normalized spacial score (nSPS) is 10.3. The van der Waals surface area contributed by atoms with Gasteiger partial charge in [0.25, 0.3) is 0 Å². The lowest BCUT2D eigenvalue weighted by atomic mass is 10.1. The zero-order valence-corrected chi connectivity index (χ0v) is 12.4. The summed E-state index contributed by atoms with van der Waals surface area (Å²) in [7, 11) is 1.93. The highest BCUT2D eigenvalue weighted by Gasteiger charge is 2.09. The number of ether oxygens (including phenoxy) is 1. The lowest BCUT2D eigenvalue weighted by molar-refractivity contribution is 0.291. The van der Waals surface area contributed by atoms with Gasteiger partial charge in [-0.15, -0.1) is 0 Å². The van der Waals surface area contributed by atoms with Crippen LogP contribution in [0, 0.1) is 25.2 Å². The predicted molar refractivity (Wildman–Crippen MR) is 77.5 cm³/mol. The van der Waals surface area contributed by atoms with Gasteiger partial charge in [-0.3, -0.25) is 4.68 Å². The Morgan fingerprint density at radius 3 is 2.40 bits per heavy atom. The Balaban J connectivity index is 2.19. The molecule has 0 spiro atoms. The summed E-state index contributed by atoms with van der Waals surface area (Å²) in [6, 6.07) is 7.92. The van der Waals surface area contributed by atoms with Gasteiger partial charge < -0.3 is 4.74 Å². The van der Waals surface area contributed by atoms with Crippen LogP contribution in [0.2, 0.25) is 0 Å². The SMILES string of the molecule is CCc1cc(COc2c(C)cc(C#N)cc2C)n(C)n1. The Morgan fingerprint density at radius 1 is 1.25 bits per heavy atom. The van der Waals surface area contributed by atoms with Gasteiger partial charge in [0.05, 0.1) is 23.0 Å². The average Bonchev–Trinajstić information content (AvgIpc) is 2.78. The molecule has 0 radical (unpaired) electrons. The molecule has 4 nitrogen and oxygen atoms in total. The van der Waals surface area contributed by atoms with E-state index in [1.807, 2.05) is 37.7 Å². The fraction of sp³-hybridized carbons (Fsp3) is 0.375. The van der Waals surface area contributed by atoms with Crippen LogP contribution in [0.5, 0.6) is 5.75 Å². The average molecular weight is 269 g/mol. The Labute approximate surface area is 119 Å². The van der Waals surface area contributed by atoms with Crippen molar-refractivity contribution < 1.29 is 4.74 Å². The van der Waals surface area contributed by atoms with Crippen LogP contribution in [-0.4, -0.2) is 9.78 Å². The zero-order chi connectivity index (χ0) is 14.7. The monoisotopic (exact) mass is 269 g/mol. The molecule has 4 heteroatoms. The number of rotatable bonds is 4. The first-order chi connectivity index (χ1) is 9.55. The molecular formula is C16H19N3O. The summed E-state index contributed by atoms with van der Waals surface area (Å²) in [6.45, 7) is 6.49. The van der Waals surface area contributed by atoms with Gasteiger partial charge in [0.2, 0.25) is 0 Å². The molecule has 1 aromatic heterocycles. The van der Waals surface area contributed by atoms with E-state index < -0.39 is 0 Å². The molecular weight excluding hydrogens is 250 g/mol. The molecule has 0 amide bonds. The molecule has 2 aromatic rings. The second-order valence-corrected chi connectivity index (χ2v) is 4.94. The highest BCUT2D eigenvalue weighted by atomic mass is 16.5. The fourth-order valence-electron chi connectivity index (χ4n) is 2.27. The van der Waals surface area contributed by atoms with Crippen LogP contribution >= 0.6 is 0 Å². The van der Waals surface area contributed by atoms with E-state index in [2.05, 4.69) is 24.2 Å². The van der Waals surface area contributed by atoms with E-state index in [1.165, 1.54) is 0 Å². The zero-order valence-electron chi connectivity index (χ0n) is 12.4. The van der Waals surface area contributed by atoms with Crippen molar-refractivity contribution in [2.75, 3.05) is 0 Å². The van der Waals surface area contributed by atoms with Crippen LogP contribution in [0.4, 0.5) is 0 Å². The van der Waals surface area contributed by atoms with E-state index in [9.17, 15) is 0 Å². The molecule has 0 fully saturated rings. The number of benzene rings is 1. The van der Waals surface area contributed by atoms with Gasteiger partial charge in [-0.1, -0.05) is 6.92 Å². The Bertz CT molecular complexity index is 642. The smallest absolute Gasteiger partial charge is 0.130 e. The molecule has 0 bridgehead atoms. The number of hydrogen-bond donors (Lipinski definition) is 0. The summed E-state index contributed by atoms with van der Waals surface area (Å²) in [4.78, 5) is 0. The molecule has 104 valence electrons. The summed E-state index contributed by atoms with van der Waals surface area (Å²) >= 11 is 0. The van der Waals surface area contributed by atoms with Crippen molar-refractivity contribution in [3.8, 4) is 11.8 Å². The Kier molecular flexibility index (Phi) is 4.09. The van der Waals surface area contributed by atoms with Crippen molar-refractivity contribution in [1.29, 1.82) is 5.26 Å². The van der Waals surface area contributed by atoms with Crippen molar-refractivity contribution in [3.05, 3.63) is 46.3 Å². The number of hydrogen-bond acceptors (Lipinski definition) is 3. The molecule has 1 heterocycles. The standard InChI is InChI=1S/C16H19N3O/c1-5-14-8-15(19(4)18-14)10-20-16-11(2)6-13(9-17)7-12(16)3/h6-8H,5,10H2,1-4H3. The molecule has 0 aliphatic heterocycles. The van der Waals surface area contributed by atoms with Gasteiger partial charge in [0.15, 0.2) is 0 Å². The minimum Gasteiger partial charge on any atom is -0.487 e. The minimum absolute atomic E-state index is 0.483. The highest BCUT2D eigenvalue weighted by Crippen LogP contribution is 2.25. The van der Waals surface area contributed by atoms with E-state index in [0.29, 0.717) is 12.2 Å². The van der Waals surface area contributed by atoms with Crippen LogP contribution < -0.4 is 4.74 Å². The van der Waals surface area contributed by atoms with Crippen molar-refractivity contribution in [2.24, 2.45) is 7.05 Å². The maximum absolute atomic E-state index is 8.95. The molecule has 0 unspecified atom stereocenters. The second-order valence-electron chi connectivity index (χ2n) is 4.94. The maximum Gasteiger partial charge on any atom is 0.130 e. The fourth-order valence-corrected chi connectivity index (χ4v) is 2.27. The van der Waals surface area contributed by atoms with Crippen LogP contribution in [0.1, 0.15) is 35.0 Å². The van der Waals surface area contributed by atoms with Gasteiger partial charge in [-0.25, -0.2) is 0 Å². The number of nitrogens with zero attached hydrogens (tertiary/aromatic N) is 3. The Morgan fingerprint density at radius 2 is 1.90 bits per heavy atom. The van der Waals surface area contributed by atoms with Crippen molar-refractivity contribution >= 4 is 0 Å². The Hall–Kier alpha value is -2.28. The summed E-state index contributed by atoms with van der Waals surface area (Å²) in [5.41, 5.74) is 4.75.